The van der Waals surface area contributed by atoms with Crippen molar-refractivity contribution in [2.75, 3.05) is 0 Å². The summed E-state index contributed by atoms with van der Waals surface area (Å²) in [5, 5.41) is 16.2. The van der Waals surface area contributed by atoms with Crippen LogP contribution in [-0.4, -0.2) is 4.98 Å². The van der Waals surface area contributed by atoms with Crippen molar-refractivity contribution < 1.29 is 0 Å². The first-order valence-electron chi connectivity index (χ1n) is 19.6. The number of fused-ring (bicyclic) bond motifs is 10. The largest absolute Gasteiger partial charge is 0.256 e. The molecule has 10 aromatic carbocycles. The maximum Gasteiger partial charge on any atom is 0.0737 e. The minimum Gasteiger partial charge on any atom is -0.256 e. The molecule has 1 heterocycles. The molecule has 0 bridgehead atoms. The molecule has 0 aliphatic heterocycles. The molecular weight excluding hydrogens is 687 g/mol. The van der Waals surface area contributed by atoms with Crippen LogP contribution in [0.2, 0.25) is 0 Å². The number of allylic oxidation sites excluding steroid dienone is 2. The van der Waals surface area contributed by atoms with Gasteiger partial charge in [-0.15, -0.1) is 0 Å². The molecular formula is C56H37N. The van der Waals surface area contributed by atoms with Crippen molar-refractivity contribution in [3.05, 3.63) is 211 Å². The fourth-order valence-electron chi connectivity index (χ4n) is 9.18. The smallest absolute Gasteiger partial charge is 0.0737 e. The molecule has 57 heavy (non-hydrogen) atoms. The predicted octanol–water partition coefficient (Wildman–Crippen LogP) is 15.5. The van der Waals surface area contributed by atoms with Crippen molar-refractivity contribution in [1.29, 1.82) is 0 Å². The van der Waals surface area contributed by atoms with Crippen molar-refractivity contribution in [1.82, 2.24) is 4.98 Å². The average molecular weight is 724 g/mol. The molecule has 0 fully saturated rings. The van der Waals surface area contributed by atoms with E-state index >= 15 is 0 Å². The quantitative estimate of drug-likeness (QED) is 0.0979. The molecule has 0 aliphatic rings. The third kappa shape index (κ3) is 5.35. The molecule has 0 unspecified atom stereocenters. The van der Waals surface area contributed by atoms with Crippen LogP contribution in [-0.2, 0) is 0 Å². The summed E-state index contributed by atoms with van der Waals surface area (Å²) in [6, 6.07) is 64.6. The van der Waals surface area contributed by atoms with Gasteiger partial charge in [-0.1, -0.05) is 170 Å². The van der Waals surface area contributed by atoms with Gasteiger partial charge in [0.15, 0.2) is 0 Å². The molecule has 266 valence electrons. The van der Waals surface area contributed by atoms with Crippen LogP contribution in [0.3, 0.4) is 0 Å². The first-order valence-corrected chi connectivity index (χ1v) is 19.6. The Morgan fingerprint density at radius 3 is 1.63 bits per heavy atom. The lowest BCUT2D eigenvalue weighted by molar-refractivity contribution is 1.36. The van der Waals surface area contributed by atoms with E-state index in [1.54, 1.807) is 0 Å². The Bertz CT molecular complexity index is 3420. The van der Waals surface area contributed by atoms with E-state index < -0.39 is 0 Å². The van der Waals surface area contributed by atoms with Crippen LogP contribution >= 0.6 is 0 Å². The highest BCUT2D eigenvalue weighted by atomic mass is 14.6. The summed E-state index contributed by atoms with van der Waals surface area (Å²) in [7, 11) is 0. The predicted molar refractivity (Wildman–Crippen MR) is 247 cm³/mol. The number of hydrogen-bond acceptors (Lipinski definition) is 1. The van der Waals surface area contributed by atoms with E-state index in [2.05, 4.69) is 200 Å². The van der Waals surface area contributed by atoms with E-state index in [1.165, 1.54) is 92.5 Å². The zero-order chi connectivity index (χ0) is 38.0. The second-order valence-electron chi connectivity index (χ2n) is 15.2. The molecule has 1 aromatic heterocycles. The summed E-state index contributed by atoms with van der Waals surface area (Å²) >= 11 is 0. The normalized spacial score (nSPS) is 11.9. The van der Waals surface area contributed by atoms with Crippen molar-refractivity contribution in [3.63, 3.8) is 0 Å². The minimum absolute atomic E-state index is 0.975. The molecule has 0 saturated carbocycles. The minimum atomic E-state index is 0.975. The van der Waals surface area contributed by atoms with E-state index in [1.807, 2.05) is 12.3 Å². The molecule has 11 aromatic rings. The molecule has 0 aliphatic carbocycles. The van der Waals surface area contributed by atoms with E-state index in [9.17, 15) is 0 Å². The molecule has 0 saturated heterocycles. The summed E-state index contributed by atoms with van der Waals surface area (Å²) in [6.45, 7) is 6.65. The van der Waals surface area contributed by atoms with Gasteiger partial charge in [-0.05, 0) is 140 Å². The lowest BCUT2D eigenvalue weighted by Gasteiger charge is -2.19. The number of nitrogens with zero attached hydrogens (tertiary/aromatic N) is 1. The summed E-state index contributed by atoms with van der Waals surface area (Å²) in [5.41, 5.74) is 10.5. The first kappa shape index (κ1) is 33.0. The standard InChI is InChI=1S/C56H37N/c1-35(21-22-37-23-25-39-14-11-31-57-56(39)36(37)2)40-27-29-46-47-30-28-43(34-53(47)45-16-6-5-15-44(45)52(46)33-40)55-50-19-9-7-17-48(50)54(49-18-8-10-20-51(49)55)42-26-24-38-12-3-4-13-41(38)32-42/h3-34H,1H2,2H3/b22-21-. The third-order valence-corrected chi connectivity index (χ3v) is 12.0. The van der Waals surface area contributed by atoms with Gasteiger partial charge in [0.1, 0.15) is 0 Å². The van der Waals surface area contributed by atoms with Crippen LogP contribution < -0.4 is 0 Å². The van der Waals surface area contributed by atoms with E-state index in [0.29, 0.717) is 0 Å². The Kier molecular flexibility index (Phi) is 7.62. The van der Waals surface area contributed by atoms with Gasteiger partial charge in [0.05, 0.1) is 5.52 Å². The van der Waals surface area contributed by atoms with Gasteiger partial charge in [-0.2, -0.15) is 0 Å². The summed E-state index contributed by atoms with van der Waals surface area (Å²) in [5.74, 6) is 0. The first-order chi connectivity index (χ1) is 28.1. The Morgan fingerprint density at radius 1 is 0.439 bits per heavy atom. The van der Waals surface area contributed by atoms with Crippen LogP contribution in [0.5, 0.6) is 0 Å². The van der Waals surface area contributed by atoms with Crippen LogP contribution in [0.15, 0.2) is 195 Å². The second kappa shape index (κ2) is 13.2. The topological polar surface area (TPSA) is 12.9 Å². The molecule has 1 heteroatoms. The highest BCUT2D eigenvalue weighted by molar-refractivity contribution is 6.27. The number of aryl methyl sites for hydroxylation is 1. The molecule has 0 N–H and O–H groups in total. The summed E-state index contributed by atoms with van der Waals surface area (Å²) in [4.78, 5) is 4.63. The van der Waals surface area contributed by atoms with Crippen LogP contribution in [0.1, 0.15) is 16.7 Å². The van der Waals surface area contributed by atoms with Crippen LogP contribution in [0.4, 0.5) is 0 Å². The van der Waals surface area contributed by atoms with Gasteiger partial charge < -0.3 is 0 Å². The zero-order valence-corrected chi connectivity index (χ0v) is 31.6. The monoisotopic (exact) mass is 723 g/mol. The van der Waals surface area contributed by atoms with Crippen molar-refractivity contribution in [3.8, 4) is 22.3 Å². The molecule has 0 radical (unpaired) electrons. The zero-order valence-electron chi connectivity index (χ0n) is 31.6. The lowest BCUT2D eigenvalue weighted by Crippen LogP contribution is -1.92. The third-order valence-electron chi connectivity index (χ3n) is 12.0. The molecule has 11 rings (SSSR count). The summed E-state index contributed by atoms with van der Waals surface area (Å²) < 4.78 is 0. The molecule has 0 amide bonds. The van der Waals surface area contributed by atoms with Crippen LogP contribution in [0.25, 0.3) is 109 Å². The fraction of sp³-hybridized carbons (Fsp3) is 0.0179. The van der Waals surface area contributed by atoms with Gasteiger partial charge >= 0.3 is 0 Å². The highest BCUT2D eigenvalue weighted by Crippen LogP contribution is 2.46. The van der Waals surface area contributed by atoms with Crippen molar-refractivity contribution in [2.45, 2.75) is 6.92 Å². The number of benzene rings is 10. The van der Waals surface area contributed by atoms with Crippen molar-refractivity contribution >= 4 is 87.2 Å². The maximum atomic E-state index is 4.63. The SMILES string of the molecule is C=C(/C=C\c1ccc2cccnc2c1C)c1ccc2c3ccc(-c4c5ccccc5c(-c5ccc6ccccc6c5)c5ccccc45)cc3c3ccccc3c2c1. The maximum absolute atomic E-state index is 4.63. The number of aromatic nitrogens is 1. The Hall–Kier alpha value is -7.35. The van der Waals surface area contributed by atoms with Crippen LogP contribution in [0, 0.1) is 6.92 Å². The van der Waals surface area contributed by atoms with E-state index in [4.69, 9.17) is 0 Å². The second-order valence-corrected chi connectivity index (χ2v) is 15.2. The van der Waals surface area contributed by atoms with Crippen molar-refractivity contribution in [2.24, 2.45) is 0 Å². The average Bonchev–Trinajstić information content (AvgIpc) is 3.27. The summed E-state index contributed by atoms with van der Waals surface area (Å²) in [6.07, 6.45) is 6.16. The fourth-order valence-corrected chi connectivity index (χ4v) is 9.18. The lowest BCUT2D eigenvalue weighted by atomic mass is 9.84. The Labute approximate surface area is 331 Å². The molecule has 0 atom stereocenters. The van der Waals surface area contributed by atoms with E-state index in [-0.39, 0.29) is 0 Å². The number of pyridine rings is 1. The number of hydrogen-bond donors (Lipinski definition) is 0. The molecule has 0 spiro atoms. The van der Waals surface area contributed by atoms with E-state index in [0.717, 1.165) is 27.6 Å². The Balaban J connectivity index is 1.07. The number of rotatable bonds is 5. The van der Waals surface area contributed by atoms with Gasteiger partial charge in [0.25, 0.3) is 0 Å². The highest BCUT2D eigenvalue weighted by Gasteiger charge is 2.18. The van der Waals surface area contributed by atoms with Gasteiger partial charge in [-0.25, -0.2) is 0 Å². The Morgan fingerprint density at radius 2 is 0.947 bits per heavy atom. The van der Waals surface area contributed by atoms with Gasteiger partial charge in [0, 0.05) is 11.6 Å². The molecule has 1 nitrogen and oxygen atoms in total. The van der Waals surface area contributed by atoms with Gasteiger partial charge in [-0.3, -0.25) is 4.98 Å². The van der Waals surface area contributed by atoms with Gasteiger partial charge in [0.2, 0.25) is 0 Å².